The molecule has 1 rings (SSSR count). The molecule has 3 heteroatoms. The van der Waals surface area contributed by atoms with Crippen molar-refractivity contribution in [3.63, 3.8) is 0 Å². The van der Waals surface area contributed by atoms with Crippen molar-refractivity contribution in [1.29, 1.82) is 0 Å². The number of pyridine rings is 1. The highest BCUT2D eigenvalue weighted by atomic mass is 32.2. The van der Waals surface area contributed by atoms with E-state index in [0.717, 1.165) is 11.3 Å². The zero-order chi connectivity index (χ0) is 10.4. The minimum atomic E-state index is 0.114. The molecule has 0 fully saturated rings. The number of aromatic nitrogens is 1. The van der Waals surface area contributed by atoms with Crippen molar-refractivity contribution in [3.05, 3.63) is 30.1 Å². The molecule has 0 radical (unpaired) electrons. The van der Waals surface area contributed by atoms with Crippen molar-refractivity contribution in [2.75, 3.05) is 5.75 Å². The molecule has 1 aromatic rings. The third-order valence-corrected chi connectivity index (χ3v) is 3.70. The van der Waals surface area contributed by atoms with Gasteiger partial charge in [0.05, 0.1) is 0 Å². The highest BCUT2D eigenvalue weighted by molar-refractivity contribution is 7.99. The van der Waals surface area contributed by atoms with Gasteiger partial charge in [0, 0.05) is 29.4 Å². The van der Waals surface area contributed by atoms with Crippen LogP contribution in [-0.4, -0.2) is 16.0 Å². The van der Waals surface area contributed by atoms with Gasteiger partial charge in [0.25, 0.3) is 0 Å². The Kier molecular flexibility index (Phi) is 4.98. The second-order valence-corrected chi connectivity index (χ2v) is 4.92. The lowest BCUT2D eigenvalue weighted by Gasteiger charge is -2.13. The zero-order valence-corrected chi connectivity index (χ0v) is 9.63. The largest absolute Gasteiger partial charge is 0.323 e. The van der Waals surface area contributed by atoms with Gasteiger partial charge in [-0.1, -0.05) is 19.9 Å². The maximum atomic E-state index is 6.04. The number of hydrogen-bond donors (Lipinski definition) is 1. The van der Waals surface area contributed by atoms with Gasteiger partial charge in [0.2, 0.25) is 0 Å². The van der Waals surface area contributed by atoms with Gasteiger partial charge in [-0.15, -0.1) is 0 Å². The van der Waals surface area contributed by atoms with Gasteiger partial charge in [0.1, 0.15) is 0 Å². The van der Waals surface area contributed by atoms with Crippen LogP contribution < -0.4 is 5.73 Å². The maximum absolute atomic E-state index is 6.04. The highest BCUT2D eigenvalue weighted by Crippen LogP contribution is 2.20. The van der Waals surface area contributed by atoms with E-state index >= 15 is 0 Å². The summed E-state index contributed by atoms with van der Waals surface area (Å²) in [5.74, 6) is 0.973. The topological polar surface area (TPSA) is 38.9 Å². The van der Waals surface area contributed by atoms with Crippen molar-refractivity contribution >= 4 is 11.8 Å². The molecule has 0 aliphatic carbocycles. The molecule has 0 bridgehead atoms. The van der Waals surface area contributed by atoms with E-state index in [1.807, 2.05) is 30.1 Å². The number of nitrogens with two attached hydrogens (primary N) is 1. The Balaban J connectivity index is 2.39. The first kappa shape index (κ1) is 11.5. The molecule has 0 aliphatic heterocycles. The zero-order valence-electron chi connectivity index (χ0n) is 8.81. The van der Waals surface area contributed by atoms with Gasteiger partial charge < -0.3 is 5.73 Å². The molecule has 2 nitrogen and oxygen atoms in total. The summed E-state index contributed by atoms with van der Waals surface area (Å²) in [6.45, 7) is 4.44. The SMILES string of the molecule is CCC(C)SCC(N)c1cccnc1. The van der Waals surface area contributed by atoms with Gasteiger partial charge in [-0.05, 0) is 18.1 Å². The van der Waals surface area contributed by atoms with Crippen LogP contribution >= 0.6 is 11.8 Å². The Morgan fingerprint density at radius 2 is 2.36 bits per heavy atom. The van der Waals surface area contributed by atoms with E-state index < -0.39 is 0 Å². The maximum Gasteiger partial charge on any atom is 0.0402 e. The lowest BCUT2D eigenvalue weighted by Crippen LogP contribution is -2.14. The van der Waals surface area contributed by atoms with Crippen LogP contribution in [0.25, 0.3) is 0 Å². The van der Waals surface area contributed by atoms with Crippen LogP contribution in [0.1, 0.15) is 31.9 Å². The van der Waals surface area contributed by atoms with Crippen molar-refractivity contribution in [2.24, 2.45) is 5.73 Å². The summed E-state index contributed by atoms with van der Waals surface area (Å²) in [6.07, 6.45) is 4.82. The molecule has 0 aliphatic rings. The molecule has 1 aromatic heterocycles. The Bertz CT molecular complexity index is 251. The van der Waals surface area contributed by atoms with E-state index in [2.05, 4.69) is 18.8 Å². The molecule has 0 amide bonds. The van der Waals surface area contributed by atoms with E-state index in [-0.39, 0.29) is 6.04 Å². The summed E-state index contributed by atoms with van der Waals surface area (Å²) in [6, 6.07) is 4.08. The van der Waals surface area contributed by atoms with Crippen molar-refractivity contribution in [3.8, 4) is 0 Å². The molecule has 78 valence electrons. The van der Waals surface area contributed by atoms with Crippen molar-refractivity contribution in [1.82, 2.24) is 4.98 Å². The van der Waals surface area contributed by atoms with Crippen LogP contribution in [0.2, 0.25) is 0 Å². The summed E-state index contributed by atoms with van der Waals surface area (Å²) in [7, 11) is 0. The van der Waals surface area contributed by atoms with Crippen LogP contribution in [-0.2, 0) is 0 Å². The quantitative estimate of drug-likeness (QED) is 0.812. The van der Waals surface area contributed by atoms with Gasteiger partial charge in [-0.3, -0.25) is 4.98 Å². The lowest BCUT2D eigenvalue weighted by molar-refractivity contribution is 0.815. The normalized spacial score (nSPS) is 15.1. The molecule has 0 saturated carbocycles. The predicted octanol–water partition coefficient (Wildman–Crippen LogP) is 2.61. The van der Waals surface area contributed by atoms with Crippen LogP contribution in [0.15, 0.2) is 24.5 Å². The summed E-state index contributed by atoms with van der Waals surface area (Å²) in [5, 5.41) is 0.692. The minimum Gasteiger partial charge on any atom is -0.323 e. The summed E-state index contributed by atoms with van der Waals surface area (Å²) in [5.41, 5.74) is 7.17. The first-order valence-electron chi connectivity index (χ1n) is 5.01. The molecule has 2 unspecified atom stereocenters. The lowest BCUT2D eigenvalue weighted by atomic mass is 10.2. The molecule has 1 heterocycles. The molecule has 2 atom stereocenters. The Morgan fingerprint density at radius 3 is 2.93 bits per heavy atom. The molecule has 0 saturated heterocycles. The predicted molar refractivity (Wildman–Crippen MR) is 63.4 cm³/mol. The van der Waals surface area contributed by atoms with E-state index in [4.69, 9.17) is 5.73 Å². The van der Waals surface area contributed by atoms with Crippen LogP contribution in [0.3, 0.4) is 0 Å². The standard InChI is InChI=1S/C11H18N2S/c1-3-9(2)14-8-11(12)10-5-4-6-13-7-10/h4-7,9,11H,3,8,12H2,1-2H3. The molecule has 2 N–H and O–H groups in total. The third-order valence-electron chi connectivity index (χ3n) is 2.25. The van der Waals surface area contributed by atoms with Gasteiger partial charge in [-0.25, -0.2) is 0 Å². The number of thioether (sulfide) groups is 1. The van der Waals surface area contributed by atoms with E-state index in [0.29, 0.717) is 5.25 Å². The Hall–Kier alpha value is -0.540. The van der Waals surface area contributed by atoms with E-state index in [9.17, 15) is 0 Å². The first-order valence-corrected chi connectivity index (χ1v) is 6.06. The van der Waals surface area contributed by atoms with Gasteiger partial charge >= 0.3 is 0 Å². The monoisotopic (exact) mass is 210 g/mol. The fourth-order valence-electron chi connectivity index (χ4n) is 1.08. The van der Waals surface area contributed by atoms with Crippen LogP contribution in [0.5, 0.6) is 0 Å². The Morgan fingerprint density at radius 1 is 1.57 bits per heavy atom. The second-order valence-electron chi connectivity index (χ2n) is 3.45. The summed E-state index contributed by atoms with van der Waals surface area (Å²) in [4.78, 5) is 4.06. The minimum absolute atomic E-state index is 0.114. The fraction of sp³-hybridized carbons (Fsp3) is 0.545. The number of nitrogens with zero attached hydrogens (tertiary/aromatic N) is 1. The van der Waals surface area contributed by atoms with Crippen molar-refractivity contribution in [2.45, 2.75) is 31.6 Å². The van der Waals surface area contributed by atoms with Crippen LogP contribution in [0, 0.1) is 0 Å². The first-order chi connectivity index (χ1) is 6.74. The molecule has 0 spiro atoms. The fourth-order valence-corrected chi connectivity index (χ4v) is 2.04. The average molecular weight is 210 g/mol. The number of rotatable bonds is 5. The van der Waals surface area contributed by atoms with Gasteiger partial charge in [0.15, 0.2) is 0 Å². The smallest absolute Gasteiger partial charge is 0.0402 e. The van der Waals surface area contributed by atoms with Gasteiger partial charge in [-0.2, -0.15) is 11.8 Å². The van der Waals surface area contributed by atoms with Crippen molar-refractivity contribution < 1.29 is 0 Å². The molecule has 0 aromatic carbocycles. The molecular weight excluding hydrogens is 192 g/mol. The number of hydrogen-bond acceptors (Lipinski definition) is 3. The third kappa shape index (κ3) is 3.68. The molecular formula is C11H18N2S. The summed E-state index contributed by atoms with van der Waals surface area (Å²) >= 11 is 1.93. The summed E-state index contributed by atoms with van der Waals surface area (Å²) < 4.78 is 0. The Labute approximate surface area is 90.3 Å². The van der Waals surface area contributed by atoms with E-state index in [1.54, 1.807) is 6.20 Å². The van der Waals surface area contributed by atoms with Crippen LogP contribution in [0.4, 0.5) is 0 Å². The molecule has 14 heavy (non-hydrogen) atoms. The highest BCUT2D eigenvalue weighted by Gasteiger charge is 2.07. The second kappa shape index (κ2) is 6.04. The average Bonchev–Trinajstić information content (AvgIpc) is 2.26. The van der Waals surface area contributed by atoms with E-state index in [1.165, 1.54) is 6.42 Å².